The van der Waals surface area contributed by atoms with E-state index in [4.69, 9.17) is 16.9 Å². The van der Waals surface area contributed by atoms with E-state index < -0.39 is 10.0 Å². The Hall–Kier alpha value is -2.03. The van der Waals surface area contributed by atoms with Gasteiger partial charge in [0.15, 0.2) is 0 Å². The summed E-state index contributed by atoms with van der Waals surface area (Å²) in [5, 5.41) is 8.86. The number of hydrogen-bond acceptors (Lipinski definition) is 3. The number of nitrogens with zero attached hydrogens (tertiary/aromatic N) is 1. The summed E-state index contributed by atoms with van der Waals surface area (Å²) in [5.41, 5.74) is 2.93. The SMILES string of the molecule is Cc1cc(NS(=O)(=O)c2ccc(C#N)cc2Cl)ccc1C(C)(C)C. The van der Waals surface area contributed by atoms with Crippen LogP contribution in [0.1, 0.15) is 37.5 Å². The van der Waals surface area contributed by atoms with Crippen LogP contribution < -0.4 is 4.72 Å². The smallest absolute Gasteiger partial charge is 0.263 e. The van der Waals surface area contributed by atoms with E-state index >= 15 is 0 Å². The van der Waals surface area contributed by atoms with Crippen molar-refractivity contribution in [3.05, 3.63) is 58.1 Å². The molecule has 0 heterocycles. The monoisotopic (exact) mass is 362 g/mol. The van der Waals surface area contributed by atoms with Crippen LogP contribution in [0, 0.1) is 18.3 Å². The molecule has 2 aromatic carbocycles. The molecule has 0 fully saturated rings. The Labute approximate surface area is 148 Å². The highest BCUT2D eigenvalue weighted by Crippen LogP contribution is 2.29. The average molecular weight is 363 g/mol. The van der Waals surface area contributed by atoms with Crippen molar-refractivity contribution in [2.75, 3.05) is 4.72 Å². The molecule has 6 heteroatoms. The molecule has 0 unspecified atom stereocenters. The molecule has 0 spiro atoms. The van der Waals surface area contributed by atoms with Gasteiger partial charge >= 0.3 is 0 Å². The third-order valence-corrected chi connectivity index (χ3v) is 5.50. The summed E-state index contributed by atoms with van der Waals surface area (Å²) in [4.78, 5) is -0.0549. The zero-order chi connectivity index (χ0) is 18.1. The highest BCUT2D eigenvalue weighted by atomic mass is 35.5. The standard InChI is InChI=1S/C18H19ClN2O2S/c1-12-9-14(6-7-15(12)18(2,3)4)21-24(22,23)17-8-5-13(11-20)10-16(17)19/h5-10,21H,1-4H3. The molecule has 4 nitrogen and oxygen atoms in total. The summed E-state index contributed by atoms with van der Waals surface area (Å²) >= 11 is 6.00. The highest BCUT2D eigenvalue weighted by Gasteiger charge is 2.20. The number of nitriles is 1. The van der Waals surface area contributed by atoms with Crippen LogP contribution in [0.5, 0.6) is 0 Å². The molecule has 24 heavy (non-hydrogen) atoms. The first kappa shape index (κ1) is 18.3. The fraction of sp³-hybridized carbons (Fsp3) is 0.278. The molecule has 0 aliphatic heterocycles. The number of anilines is 1. The lowest BCUT2D eigenvalue weighted by Crippen LogP contribution is -2.16. The average Bonchev–Trinajstić information content (AvgIpc) is 2.44. The molecule has 0 saturated heterocycles. The van der Waals surface area contributed by atoms with Gasteiger partial charge in [0.2, 0.25) is 0 Å². The van der Waals surface area contributed by atoms with E-state index in [1.165, 1.54) is 18.2 Å². The maximum atomic E-state index is 12.5. The number of benzene rings is 2. The first-order valence-electron chi connectivity index (χ1n) is 7.38. The molecule has 0 amide bonds. The van der Waals surface area contributed by atoms with Gasteiger partial charge in [0.25, 0.3) is 10.0 Å². The summed E-state index contributed by atoms with van der Waals surface area (Å²) < 4.78 is 27.6. The van der Waals surface area contributed by atoms with E-state index in [-0.39, 0.29) is 15.3 Å². The quantitative estimate of drug-likeness (QED) is 0.866. The molecule has 0 aromatic heterocycles. The minimum Gasteiger partial charge on any atom is -0.280 e. The Morgan fingerprint density at radius 1 is 1.12 bits per heavy atom. The lowest BCUT2D eigenvalue weighted by Gasteiger charge is -2.22. The zero-order valence-corrected chi connectivity index (χ0v) is 15.6. The van der Waals surface area contributed by atoms with Crippen molar-refractivity contribution >= 4 is 27.3 Å². The van der Waals surface area contributed by atoms with Gasteiger partial charge in [-0.1, -0.05) is 38.4 Å². The largest absolute Gasteiger partial charge is 0.280 e. The molecule has 2 aromatic rings. The van der Waals surface area contributed by atoms with Crippen LogP contribution >= 0.6 is 11.6 Å². The number of nitrogens with one attached hydrogen (secondary N) is 1. The van der Waals surface area contributed by atoms with Crippen LogP contribution in [0.4, 0.5) is 5.69 Å². The molecule has 2 rings (SSSR count). The third kappa shape index (κ3) is 3.89. The van der Waals surface area contributed by atoms with Crippen molar-refractivity contribution in [1.29, 1.82) is 5.26 Å². The second-order valence-corrected chi connectivity index (χ2v) is 8.70. The Bertz CT molecular complexity index is 923. The van der Waals surface area contributed by atoms with Gasteiger partial charge in [0, 0.05) is 5.69 Å². The molecule has 0 saturated carbocycles. The van der Waals surface area contributed by atoms with Crippen molar-refractivity contribution in [2.45, 2.75) is 38.0 Å². The second kappa shape index (κ2) is 6.46. The molecular formula is C18H19ClN2O2S. The number of halogens is 1. The summed E-state index contributed by atoms with van der Waals surface area (Å²) in [5.74, 6) is 0. The van der Waals surface area contributed by atoms with Gasteiger partial charge < -0.3 is 0 Å². The summed E-state index contributed by atoms with van der Waals surface area (Å²) in [6.45, 7) is 8.27. The van der Waals surface area contributed by atoms with Gasteiger partial charge in [-0.3, -0.25) is 4.72 Å². The maximum Gasteiger partial charge on any atom is 0.263 e. The van der Waals surface area contributed by atoms with Gasteiger partial charge in [-0.15, -0.1) is 0 Å². The van der Waals surface area contributed by atoms with Crippen molar-refractivity contribution < 1.29 is 8.42 Å². The predicted octanol–water partition coefficient (Wildman–Crippen LogP) is 4.62. The van der Waals surface area contributed by atoms with E-state index in [1.54, 1.807) is 12.1 Å². The fourth-order valence-electron chi connectivity index (χ4n) is 2.57. The van der Waals surface area contributed by atoms with E-state index in [0.29, 0.717) is 11.3 Å². The molecule has 0 radical (unpaired) electrons. The number of sulfonamides is 1. The first-order valence-corrected chi connectivity index (χ1v) is 9.24. The predicted molar refractivity (Wildman–Crippen MR) is 96.9 cm³/mol. The maximum absolute atomic E-state index is 12.5. The Kier molecular flexibility index (Phi) is 4.93. The van der Waals surface area contributed by atoms with Crippen LogP contribution in [-0.2, 0) is 15.4 Å². The van der Waals surface area contributed by atoms with Crippen molar-refractivity contribution in [2.24, 2.45) is 0 Å². The molecule has 0 bridgehead atoms. The third-order valence-electron chi connectivity index (χ3n) is 3.64. The molecular weight excluding hydrogens is 344 g/mol. The van der Waals surface area contributed by atoms with Crippen molar-refractivity contribution in [3.8, 4) is 6.07 Å². The van der Waals surface area contributed by atoms with E-state index in [1.807, 2.05) is 19.1 Å². The molecule has 0 aliphatic rings. The van der Waals surface area contributed by atoms with E-state index in [2.05, 4.69) is 25.5 Å². The Morgan fingerprint density at radius 3 is 2.29 bits per heavy atom. The zero-order valence-electron chi connectivity index (χ0n) is 14.0. The molecule has 0 atom stereocenters. The molecule has 1 N–H and O–H groups in total. The van der Waals surface area contributed by atoms with Gasteiger partial charge in [0.1, 0.15) is 4.90 Å². The van der Waals surface area contributed by atoms with Gasteiger partial charge in [-0.05, 0) is 53.8 Å². The Morgan fingerprint density at radius 2 is 1.79 bits per heavy atom. The topological polar surface area (TPSA) is 70.0 Å². The molecule has 0 aliphatic carbocycles. The minimum absolute atomic E-state index is 0.0160. The lowest BCUT2D eigenvalue weighted by atomic mass is 9.84. The van der Waals surface area contributed by atoms with Crippen molar-refractivity contribution in [3.63, 3.8) is 0 Å². The van der Waals surface area contributed by atoms with Gasteiger partial charge in [-0.2, -0.15) is 5.26 Å². The van der Waals surface area contributed by atoms with E-state index in [9.17, 15) is 8.42 Å². The van der Waals surface area contributed by atoms with Crippen LogP contribution in [-0.4, -0.2) is 8.42 Å². The minimum atomic E-state index is -3.83. The van der Waals surface area contributed by atoms with Crippen LogP contribution in [0.3, 0.4) is 0 Å². The normalized spacial score (nSPS) is 11.8. The summed E-state index contributed by atoms with van der Waals surface area (Å²) in [6.07, 6.45) is 0. The van der Waals surface area contributed by atoms with Crippen molar-refractivity contribution in [1.82, 2.24) is 0 Å². The number of hydrogen-bond donors (Lipinski definition) is 1. The summed E-state index contributed by atoms with van der Waals surface area (Å²) in [7, 11) is -3.83. The second-order valence-electron chi connectivity index (χ2n) is 6.64. The Balaban J connectivity index is 2.37. The summed E-state index contributed by atoms with van der Waals surface area (Å²) in [6, 6.07) is 11.5. The highest BCUT2D eigenvalue weighted by molar-refractivity contribution is 7.92. The number of aryl methyl sites for hydroxylation is 1. The molecule has 126 valence electrons. The van der Waals surface area contributed by atoms with E-state index in [0.717, 1.165) is 11.1 Å². The van der Waals surface area contributed by atoms with Crippen LogP contribution in [0.15, 0.2) is 41.3 Å². The van der Waals surface area contributed by atoms with Crippen LogP contribution in [0.25, 0.3) is 0 Å². The van der Waals surface area contributed by atoms with Crippen LogP contribution in [0.2, 0.25) is 5.02 Å². The fourth-order valence-corrected chi connectivity index (χ4v) is 4.16. The number of rotatable bonds is 3. The van der Waals surface area contributed by atoms with Gasteiger partial charge in [0.05, 0.1) is 16.7 Å². The van der Waals surface area contributed by atoms with Gasteiger partial charge in [-0.25, -0.2) is 8.42 Å². The lowest BCUT2D eigenvalue weighted by molar-refractivity contribution is 0.586. The first-order chi connectivity index (χ1) is 11.0.